The van der Waals surface area contributed by atoms with Gasteiger partial charge in [-0.15, -0.1) is 0 Å². The van der Waals surface area contributed by atoms with Crippen molar-refractivity contribution in [2.75, 3.05) is 5.73 Å². The number of pyridine rings is 2. The number of aromatic nitrogens is 2. The molecule has 0 saturated carbocycles. The highest BCUT2D eigenvalue weighted by Gasteiger charge is 2.09. The van der Waals surface area contributed by atoms with Gasteiger partial charge in [-0.1, -0.05) is 24.6 Å². The third-order valence-corrected chi connectivity index (χ3v) is 3.22. The zero-order chi connectivity index (χ0) is 14.5. The molecule has 20 heavy (non-hydrogen) atoms. The molecule has 0 aliphatic rings. The van der Waals surface area contributed by atoms with Gasteiger partial charge in [0.05, 0.1) is 22.8 Å². The summed E-state index contributed by atoms with van der Waals surface area (Å²) in [4.78, 5) is 20.1. The summed E-state index contributed by atoms with van der Waals surface area (Å²) in [5, 5.41) is 3.06. The van der Waals surface area contributed by atoms with Crippen LogP contribution in [0.1, 0.15) is 28.5 Å². The van der Waals surface area contributed by atoms with E-state index in [0.717, 1.165) is 17.7 Å². The molecule has 0 radical (unpaired) electrons. The van der Waals surface area contributed by atoms with Crippen molar-refractivity contribution in [2.45, 2.75) is 19.9 Å². The van der Waals surface area contributed by atoms with Crippen molar-refractivity contribution in [1.29, 1.82) is 0 Å². The number of hydrogen-bond donors (Lipinski definition) is 2. The molecule has 2 aromatic heterocycles. The lowest BCUT2D eigenvalue weighted by molar-refractivity contribution is 0.0950. The maximum absolute atomic E-state index is 12.0. The molecule has 0 aliphatic carbocycles. The summed E-state index contributed by atoms with van der Waals surface area (Å²) in [5.74, 6) is -0.0479. The molecule has 1 amide bonds. The molecule has 3 N–H and O–H groups in total. The SMILES string of the molecule is CCc1cccnc1CNC(=O)c1cnc(N)c(Cl)c1. The fraction of sp³-hybridized carbons (Fsp3) is 0.214. The average Bonchev–Trinajstić information content (AvgIpc) is 2.47. The first-order valence-electron chi connectivity index (χ1n) is 6.23. The van der Waals surface area contributed by atoms with Crippen LogP contribution in [-0.2, 0) is 13.0 Å². The number of hydrogen-bond acceptors (Lipinski definition) is 4. The van der Waals surface area contributed by atoms with E-state index in [-0.39, 0.29) is 16.7 Å². The van der Waals surface area contributed by atoms with E-state index in [2.05, 4.69) is 15.3 Å². The van der Waals surface area contributed by atoms with Gasteiger partial charge >= 0.3 is 0 Å². The van der Waals surface area contributed by atoms with E-state index in [1.165, 1.54) is 12.3 Å². The Labute approximate surface area is 122 Å². The van der Waals surface area contributed by atoms with Gasteiger partial charge in [0.1, 0.15) is 5.82 Å². The molecule has 0 aromatic carbocycles. The second kappa shape index (κ2) is 6.34. The fourth-order valence-corrected chi connectivity index (χ4v) is 1.96. The van der Waals surface area contributed by atoms with Crippen LogP contribution in [-0.4, -0.2) is 15.9 Å². The van der Waals surface area contributed by atoms with Crippen molar-refractivity contribution in [3.8, 4) is 0 Å². The number of anilines is 1. The molecule has 104 valence electrons. The molecule has 2 aromatic rings. The molecule has 0 bridgehead atoms. The Morgan fingerprint density at radius 2 is 2.25 bits per heavy atom. The van der Waals surface area contributed by atoms with Gasteiger partial charge in [0.2, 0.25) is 0 Å². The molecule has 2 rings (SSSR count). The lowest BCUT2D eigenvalue weighted by Gasteiger charge is -2.08. The fourth-order valence-electron chi connectivity index (χ4n) is 1.79. The molecular weight excluding hydrogens is 276 g/mol. The smallest absolute Gasteiger partial charge is 0.253 e. The summed E-state index contributed by atoms with van der Waals surface area (Å²) in [6.07, 6.45) is 3.98. The minimum absolute atomic E-state index is 0.209. The van der Waals surface area contributed by atoms with Gasteiger partial charge in [-0.3, -0.25) is 9.78 Å². The molecule has 0 spiro atoms. The number of amides is 1. The number of aryl methyl sites for hydroxylation is 1. The van der Waals surface area contributed by atoms with Crippen molar-refractivity contribution < 1.29 is 4.79 Å². The van der Waals surface area contributed by atoms with Crippen LogP contribution in [0.5, 0.6) is 0 Å². The van der Waals surface area contributed by atoms with Gasteiger partial charge < -0.3 is 11.1 Å². The number of halogens is 1. The number of carbonyl (C=O) groups excluding carboxylic acids is 1. The zero-order valence-corrected chi connectivity index (χ0v) is 11.8. The number of nitrogen functional groups attached to an aromatic ring is 1. The van der Waals surface area contributed by atoms with Crippen molar-refractivity contribution in [3.05, 3.63) is 52.4 Å². The topological polar surface area (TPSA) is 80.9 Å². The molecule has 2 heterocycles. The molecule has 0 atom stereocenters. The van der Waals surface area contributed by atoms with Gasteiger partial charge in [0, 0.05) is 12.4 Å². The third kappa shape index (κ3) is 3.24. The lowest BCUT2D eigenvalue weighted by atomic mass is 10.1. The molecule has 0 aliphatic heterocycles. The minimum Gasteiger partial charge on any atom is -0.382 e. The second-order valence-electron chi connectivity index (χ2n) is 4.24. The zero-order valence-electron chi connectivity index (χ0n) is 11.1. The van der Waals surface area contributed by atoms with Gasteiger partial charge in [0.15, 0.2) is 0 Å². The Morgan fingerprint density at radius 1 is 1.45 bits per heavy atom. The molecule has 0 saturated heterocycles. The quantitative estimate of drug-likeness (QED) is 0.904. The monoisotopic (exact) mass is 290 g/mol. The van der Waals surface area contributed by atoms with Gasteiger partial charge in [-0.2, -0.15) is 0 Å². The van der Waals surface area contributed by atoms with Gasteiger partial charge in [-0.05, 0) is 24.1 Å². The standard InChI is InChI=1S/C14H15ClN4O/c1-2-9-4-3-5-17-12(9)8-19-14(20)10-6-11(15)13(16)18-7-10/h3-7H,2,8H2,1H3,(H2,16,18)(H,19,20). The summed E-state index contributed by atoms with van der Waals surface area (Å²) in [7, 11) is 0. The molecule has 5 nitrogen and oxygen atoms in total. The van der Waals surface area contributed by atoms with Gasteiger partial charge in [0.25, 0.3) is 5.91 Å². The van der Waals surface area contributed by atoms with Crippen LogP contribution in [0.15, 0.2) is 30.6 Å². The van der Waals surface area contributed by atoms with E-state index in [1.54, 1.807) is 6.20 Å². The van der Waals surface area contributed by atoms with Gasteiger partial charge in [-0.25, -0.2) is 4.98 Å². The molecule has 0 fully saturated rings. The first kappa shape index (κ1) is 14.3. The Hall–Kier alpha value is -2.14. The second-order valence-corrected chi connectivity index (χ2v) is 4.64. The summed E-state index contributed by atoms with van der Waals surface area (Å²) in [6.45, 7) is 2.41. The average molecular weight is 291 g/mol. The van der Waals surface area contributed by atoms with Crippen molar-refractivity contribution in [3.63, 3.8) is 0 Å². The Kier molecular flexibility index (Phi) is 4.53. The van der Waals surface area contributed by atoms with E-state index < -0.39 is 0 Å². The van der Waals surface area contributed by atoms with Crippen LogP contribution < -0.4 is 11.1 Å². The third-order valence-electron chi connectivity index (χ3n) is 2.91. The van der Waals surface area contributed by atoms with Crippen LogP contribution in [0.25, 0.3) is 0 Å². The van der Waals surface area contributed by atoms with E-state index in [4.69, 9.17) is 17.3 Å². The van der Waals surface area contributed by atoms with Crippen LogP contribution in [0, 0.1) is 0 Å². The Balaban J connectivity index is 2.06. The normalized spacial score (nSPS) is 10.3. The summed E-state index contributed by atoms with van der Waals surface area (Å²) >= 11 is 5.84. The largest absolute Gasteiger partial charge is 0.382 e. The van der Waals surface area contributed by atoms with Crippen LogP contribution in [0.3, 0.4) is 0 Å². The molecular formula is C14H15ClN4O. The minimum atomic E-state index is -0.257. The van der Waals surface area contributed by atoms with Crippen LogP contribution >= 0.6 is 11.6 Å². The van der Waals surface area contributed by atoms with E-state index in [0.29, 0.717) is 12.1 Å². The Morgan fingerprint density at radius 3 is 2.95 bits per heavy atom. The van der Waals surface area contributed by atoms with Crippen molar-refractivity contribution in [2.24, 2.45) is 0 Å². The van der Waals surface area contributed by atoms with Crippen molar-refractivity contribution >= 4 is 23.3 Å². The maximum atomic E-state index is 12.0. The predicted octanol–water partition coefficient (Wildman–Crippen LogP) is 2.20. The summed E-state index contributed by atoms with van der Waals surface area (Å²) in [6, 6.07) is 5.38. The Bertz CT molecular complexity index is 630. The highest BCUT2D eigenvalue weighted by Crippen LogP contribution is 2.16. The van der Waals surface area contributed by atoms with Crippen LogP contribution in [0.2, 0.25) is 5.02 Å². The van der Waals surface area contributed by atoms with Crippen LogP contribution in [0.4, 0.5) is 5.82 Å². The number of rotatable bonds is 4. The van der Waals surface area contributed by atoms with Crippen molar-refractivity contribution in [1.82, 2.24) is 15.3 Å². The molecule has 0 unspecified atom stereocenters. The summed E-state index contributed by atoms with van der Waals surface area (Å²) in [5.41, 5.74) is 7.85. The molecule has 6 heteroatoms. The van der Waals surface area contributed by atoms with E-state index in [9.17, 15) is 4.79 Å². The number of carbonyl (C=O) groups is 1. The first-order valence-corrected chi connectivity index (χ1v) is 6.61. The number of nitrogens with one attached hydrogen (secondary N) is 1. The lowest BCUT2D eigenvalue weighted by Crippen LogP contribution is -2.24. The highest BCUT2D eigenvalue weighted by atomic mass is 35.5. The van der Waals surface area contributed by atoms with E-state index >= 15 is 0 Å². The highest BCUT2D eigenvalue weighted by molar-refractivity contribution is 6.33. The summed E-state index contributed by atoms with van der Waals surface area (Å²) < 4.78 is 0. The first-order chi connectivity index (χ1) is 9.61. The van der Waals surface area contributed by atoms with E-state index in [1.807, 2.05) is 19.1 Å². The predicted molar refractivity (Wildman–Crippen MR) is 78.4 cm³/mol. The maximum Gasteiger partial charge on any atom is 0.253 e. The number of nitrogens with two attached hydrogens (primary N) is 1. The number of nitrogens with zero attached hydrogens (tertiary/aromatic N) is 2.